The summed E-state index contributed by atoms with van der Waals surface area (Å²) >= 11 is 0. The summed E-state index contributed by atoms with van der Waals surface area (Å²) < 4.78 is 24.3. The lowest BCUT2D eigenvalue weighted by atomic mass is 10.0. The highest BCUT2D eigenvalue weighted by Crippen LogP contribution is 2.39. The van der Waals surface area contributed by atoms with Gasteiger partial charge in [0.2, 0.25) is 10.0 Å². The molecule has 1 heterocycles. The second-order valence-electron chi connectivity index (χ2n) is 4.88. The van der Waals surface area contributed by atoms with Crippen LogP contribution in [0.25, 0.3) is 0 Å². The maximum Gasteiger partial charge on any atom is 0.211 e. The zero-order chi connectivity index (χ0) is 11.2. The summed E-state index contributed by atoms with van der Waals surface area (Å²) in [6.45, 7) is 1.83. The minimum Gasteiger partial charge on any atom is -0.269 e. The number of hydrogen-bond acceptors (Lipinski definition) is 4. The molecule has 2 aliphatic rings. The van der Waals surface area contributed by atoms with E-state index >= 15 is 0 Å². The summed E-state index contributed by atoms with van der Waals surface area (Å²) in [4.78, 5) is 0. The van der Waals surface area contributed by atoms with Crippen LogP contribution >= 0.6 is 0 Å². The van der Waals surface area contributed by atoms with Crippen molar-refractivity contribution in [3.05, 3.63) is 0 Å². The van der Waals surface area contributed by atoms with Crippen LogP contribution in [-0.4, -0.2) is 50.2 Å². The first-order valence-electron chi connectivity index (χ1n) is 5.30. The predicted octanol–water partition coefficient (Wildman–Crippen LogP) is -0.538. The molecule has 2 fully saturated rings. The third-order valence-electron chi connectivity index (χ3n) is 3.79. The molecule has 1 aliphatic heterocycles. The SMILES string of the molecule is CN(C1CC2CN(N)CC2C1)S(C)(=O)=O. The molecular weight excluding hydrogens is 214 g/mol. The highest BCUT2D eigenvalue weighted by molar-refractivity contribution is 7.88. The van der Waals surface area contributed by atoms with E-state index in [1.54, 1.807) is 7.05 Å². The van der Waals surface area contributed by atoms with E-state index in [9.17, 15) is 8.42 Å². The molecule has 1 aliphatic carbocycles. The second-order valence-corrected chi connectivity index (χ2v) is 6.92. The number of nitrogens with zero attached hydrogens (tertiary/aromatic N) is 2. The van der Waals surface area contributed by atoms with Crippen molar-refractivity contribution in [2.75, 3.05) is 26.4 Å². The Labute approximate surface area is 91.2 Å². The molecule has 88 valence electrons. The smallest absolute Gasteiger partial charge is 0.211 e. The normalized spacial score (nSPS) is 37.5. The summed E-state index contributed by atoms with van der Waals surface area (Å²) in [5.41, 5.74) is 0. The van der Waals surface area contributed by atoms with Gasteiger partial charge in [-0.15, -0.1) is 0 Å². The van der Waals surface area contributed by atoms with E-state index in [0.29, 0.717) is 11.8 Å². The maximum absolute atomic E-state index is 11.4. The molecule has 6 heteroatoms. The van der Waals surface area contributed by atoms with Crippen LogP contribution in [0.5, 0.6) is 0 Å². The molecule has 1 saturated heterocycles. The van der Waals surface area contributed by atoms with Crippen molar-refractivity contribution in [1.82, 2.24) is 9.31 Å². The monoisotopic (exact) mass is 233 g/mol. The number of hydrazine groups is 1. The third-order valence-corrected chi connectivity index (χ3v) is 5.14. The fraction of sp³-hybridized carbons (Fsp3) is 1.00. The van der Waals surface area contributed by atoms with E-state index < -0.39 is 10.0 Å². The largest absolute Gasteiger partial charge is 0.269 e. The topological polar surface area (TPSA) is 66.6 Å². The number of hydrogen-bond donors (Lipinski definition) is 1. The molecule has 0 radical (unpaired) electrons. The van der Waals surface area contributed by atoms with Crippen molar-refractivity contribution in [3.63, 3.8) is 0 Å². The van der Waals surface area contributed by atoms with Gasteiger partial charge in [-0.05, 0) is 24.7 Å². The van der Waals surface area contributed by atoms with Crippen LogP contribution in [0.2, 0.25) is 0 Å². The number of nitrogens with two attached hydrogens (primary N) is 1. The molecule has 1 saturated carbocycles. The summed E-state index contributed by atoms with van der Waals surface area (Å²) in [6.07, 6.45) is 3.19. The fourth-order valence-corrected chi connectivity index (χ4v) is 3.59. The van der Waals surface area contributed by atoms with Gasteiger partial charge < -0.3 is 0 Å². The molecule has 15 heavy (non-hydrogen) atoms. The Kier molecular flexibility index (Phi) is 2.79. The molecule has 5 nitrogen and oxygen atoms in total. The molecule has 0 aromatic carbocycles. The lowest BCUT2D eigenvalue weighted by molar-refractivity contribution is 0.289. The van der Waals surface area contributed by atoms with Crippen LogP contribution in [0, 0.1) is 11.8 Å². The lowest BCUT2D eigenvalue weighted by Gasteiger charge is -2.23. The Hall–Kier alpha value is -0.170. The fourth-order valence-electron chi connectivity index (χ4n) is 2.87. The first kappa shape index (κ1) is 11.3. The summed E-state index contributed by atoms with van der Waals surface area (Å²) in [5, 5.41) is 1.85. The minimum absolute atomic E-state index is 0.184. The average molecular weight is 233 g/mol. The quantitative estimate of drug-likeness (QED) is 0.651. The van der Waals surface area contributed by atoms with Crippen molar-refractivity contribution in [3.8, 4) is 0 Å². The summed E-state index contributed by atoms with van der Waals surface area (Å²) in [7, 11) is -1.36. The molecule has 2 unspecified atom stereocenters. The van der Waals surface area contributed by atoms with Gasteiger partial charge in [-0.25, -0.2) is 17.7 Å². The van der Waals surface area contributed by atoms with Crippen molar-refractivity contribution in [1.29, 1.82) is 0 Å². The van der Waals surface area contributed by atoms with Gasteiger partial charge in [-0.3, -0.25) is 5.84 Å². The first-order valence-corrected chi connectivity index (χ1v) is 7.15. The molecule has 0 aromatic heterocycles. The Morgan fingerprint density at radius 2 is 1.73 bits per heavy atom. The van der Waals surface area contributed by atoms with Crippen LogP contribution in [0.3, 0.4) is 0 Å². The van der Waals surface area contributed by atoms with Crippen molar-refractivity contribution in [2.24, 2.45) is 17.7 Å². The minimum atomic E-state index is -3.04. The number of fused-ring (bicyclic) bond motifs is 1. The summed E-state index contributed by atoms with van der Waals surface area (Å²) in [5.74, 6) is 6.91. The third kappa shape index (κ3) is 2.18. The number of sulfonamides is 1. The highest BCUT2D eigenvalue weighted by atomic mass is 32.2. The zero-order valence-electron chi connectivity index (χ0n) is 9.26. The van der Waals surface area contributed by atoms with E-state index in [1.165, 1.54) is 10.6 Å². The Balaban J connectivity index is 2.01. The standard InChI is InChI=1S/C9H19N3O2S/c1-11(15(2,13)14)9-3-7-5-12(10)6-8(7)4-9/h7-9H,3-6,10H2,1-2H3. The van der Waals surface area contributed by atoms with Crippen LogP contribution in [0.1, 0.15) is 12.8 Å². The van der Waals surface area contributed by atoms with Gasteiger partial charge in [-0.1, -0.05) is 0 Å². The molecule has 0 spiro atoms. The van der Waals surface area contributed by atoms with E-state index in [0.717, 1.165) is 25.9 Å². The second kappa shape index (κ2) is 3.69. The van der Waals surface area contributed by atoms with Gasteiger partial charge in [0.25, 0.3) is 0 Å². The van der Waals surface area contributed by atoms with Gasteiger partial charge in [0, 0.05) is 26.2 Å². The van der Waals surface area contributed by atoms with Gasteiger partial charge in [0.05, 0.1) is 6.26 Å². The first-order chi connectivity index (χ1) is 6.88. The van der Waals surface area contributed by atoms with Crippen molar-refractivity contribution >= 4 is 10.0 Å². The summed E-state index contributed by atoms with van der Waals surface area (Å²) in [6, 6.07) is 0.184. The molecule has 2 atom stereocenters. The zero-order valence-corrected chi connectivity index (χ0v) is 10.1. The van der Waals surface area contributed by atoms with Crippen molar-refractivity contribution < 1.29 is 8.42 Å². The van der Waals surface area contributed by atoms with Gasteiger partial charge >= 0.3 is 0 Å². The van der Waals surface area contributed by atoms with Crippen molar-refractivity contribution in [2.45, 2.75) is 18.9 Å². The molecule has 0 amide bonds. The maximum atomic E-state index is 11.4. The van der Waals surface area contributed by atoms with E-state index in [1.807, 2.05) is 5.01 Å². The van der Waals surface area contributed by atoms with E-state index in [-0.39, 0.29) is 6.04 Å². The molecule has 0 bridgehead atoms. The van der Waals surface area contributed by atoms with E-state index in [2.05, 4.69) is 0 Å². The van der Waals surface area contributed by atoms with Gasteiger partial charge in [0.15, 0.2) is 0 Å². The Bertz CT molecular complexity index is 329. The van der Waals surface area contributed by atoms with Crippen LogP contribution in [0.4, 0.5) is 0 Å². The highest BCUT2D eigenvalue weighted by Gasteiger charge is 2.42. The molecular formula is C9H19N3O2S. The molecule has 2 N–H and O–H groups in total. The van der Waals surface area contributed by atoms with Crippen LogP contribution in [-0.2, 0) is 10.0 Å². The molecule has 0 aromatic rings. The lowest BCUT2D eigenvalue weighted by Crippen LogP contribution is -2.37. The van der Waals surface area contributed by atoms with E-state index in [4.69, 9.17) is 5.84 Å². The molecule has 2 rings (SSSR count). The van der Waals surface area contributed by atoms with Gasteiger partial charge in [-0.2, -0.15) is 0 Å². The van der Waals surface area contributed by atoms with Gasteiger partial charge in [0.1, 0.15) is 0 Å². The van der Waals surface area contributed by atoms with Crippen LogP contribution in [0.15, 0.2) is 0 Å². The predicted molar refractivity (Wildman–Crippen MR) is 58.4 cm³/mol. The Morgan fingerprint density at radius 3 is 2.13 bits per heavy atom. The average Bonchev–Trinajstić information content (AvgIpc) is 2.57. The van der Waals surface area contributed by atoms with Crippen LogP contribution < -0.4 is 5.84 Å². The number of rotatable bonds is 2. The Morgan fingerprint density at radius 1 is 1.27 bits per heavy atom.